The second-order valence-corrected chi connectivity index (χ2v) is 22.2. The fourth-order valence-corrected chi connectivity index (χ4v) is 9.95. The summed E-state index contributed by atoms with van der Waals surface area (Å²) in [6.07, 6.45) is 9.27. The van der Waals surface area contributed by atoms with E-state index < -0.39 is 0 Å². The first-order chi connectivity index (χ1) is 23.3. The highest BCUT2D eigenvalue weighted by Crippen LogP contribution is 2.08. The minimum absolute atomic E-state index is 0.0984. The van der Waals surface area contributed by atoms with Crippen LogP contribution >= 0.6 is 53.4 Å². The first-order valence-corrected chi connectivity index (χ1v) is 25.2. The number of quaternary nitrogens is 6. The van der Waals surface area contributed by atoms with Gasteiger partial charge in [-0.05, 0) is 121 Å². The van der Waals surface area contributed by atoms with Gasteiger partial charge < -0.3 is 40.6 Å². The van der Waals surface area contributed by atoms with Gasteiger partial charge in [-0.3, -0.25) is 0 Å². The third-order valence-electron chi connectivity index (χ3n) is 8.43. The largest absolute Gasteiger partial charge is 0.439 e. The Morgan fingerprint density at radius 3 is 1.39 bits per heavy atom. The van der Waals surface area contributed by atoms with Gasteiger partial charge in [0.05, 0.1) is 76.4 Å². The molecule has 9 nitrogen and oxygen atoms in total. The average Bonchev–Trinajstić information content (AvgIpc) is 3.22. The second-order valence-electron chi connectivity index (χ2n) is 12.5. The summed E-state index contributed by atoms with van der Waals surface area (Å²) in [5, 5.41) is 0. The zero-order valence-corrected chi connectivity index (χ0v) is 34.9. The fourth-order valence-electron chi connectivity index (χ4n) is 4.70. The lowest BCUT2D eigenvalue weighted by atomic mass is 10.2. The van der Waals surface area contributed by atoms with Crippen LogP contribution in [0.3, 0.4) is 0 Å². The lowest BCUT2D eigenvalue weighted by Gasteiger charge is -2.27. The van der Waals surface area contributed by atoms with Gasteiger partial charge in [0.15, 0.2) is 6.73 Å². The molecule has 0 radical (unpaired) electrons. The van der Waals surface area contributed by atoms with Gasteiger partial charge in [0, 0.05) is 24.3 Å². The molecule has 0 aromatic heterocycles. The van der Waals surface area contributed by atoms with E-state index in [-0.39, 0.29) is 32.0 Å². The van der Waals surface area contributed by atoms with Crippen molar-refractivity contribution in [2.45, 2.75) is 44.9 Å². The molecular formula is C35H74N6O3S5. The number of hydrogen-bond donors (Lipinski definition) is 6. The van der Waals surface area contributed by atoms with Crippen LogP contribution in [0, 0.1) is 42.3 Å². The molecule has 49 heavy (non-hydrogen) atoms. The molecule has 0 saturated carbocycles. The lowest BCUT2D eigenvalue weighted by Crippen LogP contribution is -3.03. The minimum atomic E-state index is 0.0984. The molecule has 6 aliphatic heterocycles. The van der Waals surface area contributed by atoms with E-state index in [4.69, 9.17) is 14.2 Å². The third-order valence-corrected chi connectivity index (χ3v) is 16.8. The highest BCUT2D eigenvalue weighted by atomic mass is 32.2. The van der Waals surface area contributed by atoms with E-state index in [1.807, 2.05) is 0 Å². The third kappa shape index (κ3) is 23.0. The lowest BCUT2D eigenvalue weighted by molar-refractivity contribution is -0.800. The van der Waals surface area contributed by atoms with Crippen LogP contribution in [0.2, 0.25) is 0 Å². The van der Waals surface area contributed by atoms with Crippen molar-refractivity contribution < 1.29 is 40.6 Å². The van der Waals surface area contributed by atoms with E-state index in [2.05, 4.69) is 78.2 Å². The minimum Gasteiger partial charge on any atom is -0.439 e. The highest BCUT2D eigenvalue weighted by Gasteiger charge is 2.10. The first-order valence-electron chi connectivity index (χ1n) is 17.3. The molecule has 6 N–H and O–H groups in total. The molecule has 6 heterocycles. The molecule has 0 amide bonds. The van der Waals surface area contributed by atoms with Gasteiger partial charge in [0.2, 0.25) is 0 Å². The summed E-state index contributed by atoms with van der Waals surface area (Å²) in [6, 6.07) is 0. The predicted molar refractivity (Wildman–Crippen MR) is 229 cm³/mol. The van der Waals surface area contributed by atoms with Crippen molar-refractivity contribution in [3.05, 3.63) is 54.6 Å². The van der Waals surface area contributed by atoms with Crippen LogP contribution in [0.1, 0.15) is 44.9 Å². The molecule has 6 aliphatic rings. The molecule has 0 spiro atoms. The number of likely N-dealkylation sites (tertiary alicyclic amines) is 1. The van der Waals surface area contributed by atoms with Crippen LogP contribution in [-0.4, -0.2) is 124 Å². The van der Waals surface area contributed by atoms with Gasteiger partial charge in [-0.1, -0.05) is 0 Å². The Morgan fingerprint density at radius 1 is 0.449 bits per heavy atom. The second kappa shape index (κ2) is 28.9. The Bertz CT molecular complexity index is 946. The maximum atomic E-state index is 5.24. The summed E-state index contributed by atoms with van der Waals surface area (Å²) in [4.78, 5) is 1.26. The molecule has 6 saturated heterocycles. The standard InChI is InChI=1S/C7H15NS.C6H13NOS.C6H13NS.C6H11N.2C5H11NOS/c1-8-6-4-3-5-7-9(8)2;1-7-3-4-8-5-6-9(7)2;1-7-5-3-4-6-8(7)2;1-6-4-3-5-7(6)2;1-6-5-7-3-4-8(6)2;1-6-3-4-7-5-8(6)2/h8H,1-7H2;7H,1-6H2;7H,1-6H2;7H,1-5H2;2*6H,1-5H2. The Labute approximate surface area is 316 Å². The van der Waals surface area contributed by atoms with Crippen molar-refractivity contribution in [2.75, 3.05) is 94.8 Å². The molecule has 6 fully saturated rings. The fraction of sp³-hybridized carbons (Fsp3) is 0.629. The Balaban J connectivity index is 0.000000294. The molecule has 0 aromatic carbocycles. The van der Waals surface area contributed by atoms with Gasteiger partial charge >= 0.3 is 0 Å². The summed E-state index contributed by atoms with van der Waals surface area (Å²) >= 11 is 0. The molecule has 11 atom stereocenters. The molecule has 292 valence electrons. The molecule has 14 heteroatoms. The molecular weight excluding hydrogens is 713 g/mol. The van der Waals surface area contributed by atoms with Gasteiger partial charge in [0.25, 0.3) is 0 Å². The van der Waals surface area contributed by atoms with E-state index in [1.165, 1.54) is 104 Å². The Morgan fingerprint density at radius 2 is 0.918 bits per heavy atom. The van der Waals surface area contributed by atoms with Crippen LogP contribution < -0.4 is 26.4 Å². The van der Waals surface area contributed by atoms with E-state index in [0.29, 0.717) is 21.3 Å². The zero-order valence-electron chi connectivity index (χ0n) is 30.8. The Kier molecular flexibility index (Phi) is 28.0. The predicted octanol–water partition coefficient (Wildman–Crippen LogP) is -1.65. The maximum absolute atomic E-state index is 5.24. The van der Waals surface area contributed by atoms with Crippen molar-refractivity contribution in [1.82, 2.24) is 0 Å². The Hall–Kier alpha value is 0.480. The number of ether oxygens (including phenoxy) is 3. The van der Waals surface area contributed by atoms with Gasteiger partial charge in [-0.25, -0.2) is 0 Å². The first kappa shape index (κ1) is 47.5. The van der Waals surface area contributed by atoms with Crippen molar-refractivity contribution in [1.29, 1.82) is 0 Å². The van der Waals surface area contributed by atoms with E-state index in [9.17, 15) is 0 Å². The van der Waals surface area contributed by atoms with E-state index >= 15 is 0 Å². The summed E-state index contributed by atoms with van der Waals surface area (Å²) in [6.45, 7) is 13.6. The van der Waals surface area contributed by atoms with Gasteiger partial charge in [-0.2, -0.15) is 0 Å². The zero-order chi connectivity index (χ0) is 36.6. The maximum Gasteiger partial charge on any atom is 0.167 e. The van der Waals surface area contributed by atoms with Crippen molar-refractivity contribution in [3.8, 4) is 0 Å². The number of hydrogen-bond acceptors (Lipinski definition) is 3. The van der Waals surface area contributed by atoms with Crippen LogP contribution in [0.25, 0.3) is 0 Å². The summed E-state index contributed by atoms with van der Waals surface area (Å²) in [7, 11) is 24.5. The monoisotopic (exact) mass is 786 g/mol. The summed E-state index contributed by atoms with van der Waals surface area (Å²) in [5.74, 6) is 25.4. The van der Waals surface area contributed by atoms with Crippen molar-refractivity contribution in [3.63, 3.8) is 0 Å². The number of allylic oxidation sites excluding steroid dienone is 1. The molecule has 6 rings (SSSR count). The number of nitrogens with one attached hydrogen (secondary N) is 6. The van der Waals surface area contributed by atoms with Gasteiger partial charge in [0.1, 0.15) is 5.94 Å². The van der Waals surface area contributed by atoms with Crippen LogP contribution in [-0.2, 0) is 14.2 Å². The normalized spacial score (nSPS) is 37.8. The molecule has 11 unspecified atom stereocenters. The van der Waals surface area contributed by atoms with Crippen LogP contribution in [0.4, 0.5) is 0 Å². The molecule has 0 aliphatic carbocycles. The highest BCUT2D eigenvalue weighted by molar-refractivity contribution is 8.09. The van der Waals surface area contributed by atoms with Crippen molar-refractivity contribution in [2.24, 2.45) is 0 Å². The molecule has 0 bridgehead atoms. The SMILES string of the molecule is C=C1CCC[NH+]1[CH2-].C=S1CCCCC[NH+]1[CH2-].C=S1CCCC[NH+]1[CH2-].C=S1CCOCC[NH+]1[CH2-].C=S1CCOC[NH+]1[CH2-].C=S1COCC[NH+]1[CH2-]. The van der Waals surface area contributed by atoms with Gasteiger partial charge in [-0.15, -0.1) is 42.3 Å². The smallest absolute Gasteiger partial charge is 0.167 e. The quantitative estimate of drug-likeness (QED) is 0.132. The van der Waals surface area contributed by atoms with Crippen LogP contribution in [0.15, 0.2) is 12.3 Å². The summed E-state index contributed by atoms with van der Waals surface area (Å²) < 4.78 is 22.0. The van der Waals surface area contributed by atoms with E-state index in [0.717, 1.165) is 68.0 Å². The topological polar surface area (TPSA) is 54.3 Å². The van der Waals surface area contributed by atoms with E-state index in [1.54, 1.807) is 0 Å². The number of rotatable bonds is 0. The van der Waals surface area contributed by atoms with Crippen LogP contribution in [0.5, 0.6) is 0 Å². The average molecular weight is 787 g/mol. The summed E-state index contributed by atoms with van der Waals surface area (Å²) in [5.41, 5.74) is 1.26. The molecule has 0 aromatic rings. The van der Waals surface area contributed by atoms with Crippen molar-refractivity contribution >= 4 is 82.7 Å².